The van der Waals surface area contributed by atoms with Crippen LogP contribution in [-0.2, 0) is 4.79 Å². The van der Waals surface area contributed by atoms with Gasteiger partial charge in [0.1, 0.15) is 6.04 Å². The Labute approximate surface area is 126 Å². The molecule has 0 saturated carbocycles. The molecule has 3 N–H and O–H groups in total. The summed E-state index contributed by atoms with van der Waals surface area (Å²) in [5.41, 5.74) is 6.58. The van der Waals surface area contributed by atoms with E-state index in [-0.39, 0.29) is 11.9 Å². The highest BCUT2D eigenvalue weighted by Crippen LogP contribution is 2.17. The lowest BCUT2D eigenvalue weighted by Crippen LogP contribution is -2.46. The van der Waals surface area contributed by atoms with Crippen molar-refractivity contribution in [1.29, 1.82) is 0 Å². The molecule has 0 aliphatic rings. The first-order valence-electron chi connectivity index (χ1n) is 6.94. The molecule has 0 fully saturated rings. The number of thiocarbonyl (C=S) groups is 1. The zero-order valence-corrected chi connectivity index (χ0v) is 13.0. The Morgan fingerprint density at radius 3 is 2.60 bits per heavy atom. The number of rotatable bonds is 8. The van der Waals surface area contributed by atoms with E-state index < -0.39 is 0 Å². The molecule has 1 rings (SSSR count). The van der Waals surface area contributed by atoms with Crippen LogP contribution in [0, 0.1) is 0 Å². The van der Waals surface area contributed by atoms with Gasteiger partial charge >= 0.3 is 0 Å². The third kappa shape index (κ3) is 5.17. The summed E-state index contributed by atoms with van der Waals surface area (Å²) in [7, 11) is 0. The summed E-state index contributed by atoms with van der Waals surface area (Å²) in [6.45, 7) is 5.27. The van der Waals surface area contributed by atoms with Crippen LogP contribution in [0.3, 0.4) is 0 Å². The monoisotopic (exact) mass is 293 g/mol. The summed E-state index contributed by atoms with van der Waals surface area (Å²) in [5.74, 6) is 0.0265. The number of hydrogen-bond acceptors (Lipinski definition) is 3. The smallest absolute Gasteiger partial charge is 0.242 e. The Morgan fingerprint density at radius 1 is 1.40 bits per heavy atom. The average molecular weight is 293 g/mol. The van der Waals surface area contributed by atoms with E-state index in [1.165, 1.54) is 0 Å². The Morgan fingerprint density at radius 2 is 2.05 bits per heavy atom. The van der Waals surface area contributed by atoms with Crippen LogP contribution in [0.5, 0.6) is 0 Å². The predicted octanol–water partition coefficient (Wildman–Crippen LogP) is 2.08. The molecule has 1 aromatic rings. The van der Waals surface area contributed by atoms with Gasteiger partial charge in [-0.1, -0.05) is 37.3 Å². The number of amides is 1. The molecule has 0 saturated heterocycles. The van der Waals surface area contributed by atoms with Crippen molar-refractivity contribution in [3.8, 4) is 0 Å². The van der Waals surface area contributed by atoms with E-state index in [2.05, 4.69) is 5.32 Å². The van der Waals surface area contributed by atoms with Gasteiger partial charge in [0.05, 0.1) is 4.99 Å². The molecule has 1 aromatic carbocycles. The summed E-state index contributed by atoms with van der Waals surface area (Å²) in [4.78, 5) is 14.6. The molecule has 4 nitrogen and oxygen atoms in total. The highest BCUT2D eigenvalue weighted by molar-refractivity contribution is 7.80. The first-order chi connectivity index (χ1) is 9.56. The maximum atomic E-state index is 12.1. The second kappa shape index (κ2) is 8.53. The Balaban J connectivity index is 2.81. The summed E-state index contributed by atoms with van der Waals surface area (Å²) >= 11 is 4.94. The molecular formula is C15H23N3OS. The van der Waals surface area contributed by atoms with Crippen molar-refractivity contribution < 1.29 is 4.79 Å². The molecule has 1 atom stereocenters. The van der Waals surface area contributed by atoms with Crippen molar-refractivity contribution in [2.45, 2.75) is 32.7 Å². The van der Waals surface area contributed by atoms with Crippen molar-refractivity contribution in [2.75, 3.05) is 18.0 Å². The van der Waals surface area contributed by atoms with Gasteiger partial charge < -0.3 is 16.0 Å². The summed E-state index contributed by atoms with van der Waals surface area (Å²) in [6.07, 6.45) is 1.52. The van der Waals surface area contributed by atoms with Gasteiger partial charge in [-0.25, -0.2) is 0 Å². The van der Waals surface area contributed by atoms with Crippen LogP contribution >= 0.6 is 12.2 Å². The van der Waals surface area contributed by atoms with Gasteiger partial charge in [0, 0.05) is 25.2 Å². The van der Waals surface area contributed by atoms with Crippen LogP contribution in [0.4, 0.5) is 5.69 Å². The molecule has 0 radical (unpaired) electrons. The molecule has 0 heterocycles. The van der Waals surface area contributed by atoms with Crippen molar-refractivity contribution in [2.24, 2.45) is 5.73 Å². The number of anilines is 1. The molecule has 20 heavy (non-hydrogen) atoms. The van der Waals surface area contributed by atoms with E-state index in [9.17, 15) is 4.79 Å². The van der Waals surface area contributed by atoms with Gasteiger partial charge in [0.2, 0.25) is 5.91 Å². The minimum Gasteiger partial charge on any atom is -0.393 e. The molecule has 1 unspecified atom stereocenters. The Hall–Kier alpha value is -1.62. The standard InChI is InChI=1S/C15H23N3OS/c1-3-10-17-15(19)12(2)18(11-9-14(16)20)13-7-5-4-6-8-13/h4-8,12H,3,9-11H2,1-2H3,(H2,16,20)(H,17,19). The number of carbonyl (C=O) groups is 1. The van der Waals surface area contributed by atoms with Crippen molar-refractivity contribution in [1.82, 2.24) is 5.32 Å². The fraction of sp³-hybridized carbons (Fsp3) is 0.467. The second-order valence-corrected chi connectivity index (χ2v) is 5.24. The van der Waals surface area contributed by atoms with Gasteiger partial charge in [-0.15, -0.1) is 0 Å². The predicted molar refractivity (Wildman–Crippen MR) is 88.0 cm³/mol. The summed E-state index contributed by atoms with van der Waals surface area (Å²) < 4.78 is 0. The number of nitrogens with zero attached hydrogens (tertiary/aromatic N) is 1. The number of nitrogens with one attached hydrogen (secondary N) is 1. The number of nitrogens with two attached hydrogens (primary N) is 1. The molecule has 0 spiro atoms. The molecule has 1 amide bonds. The summed E-state index contributed by atoms with van der Waals surface area (Å²) in [5, 5.41) is 2.93. The number of carbonyl (C=O) groups excluding carboxylic acids is 1. The van der Waals surface area contributed by atoms with Crippen LogP contribution < -0.4 is 16.0 Å². The van der Waals surface area contributed by atoms with Crippen LogP contribution in [0.25, 0.3) is 0 Å². The Kier molecular flexibility index (Phi) is 7.01. The molecule has 0 aliphatic heterocycles. The lowest BCUT2D eigenvalue weighted by atomic mass is 10.2. The molecular weight excluding hydrogens is 270 g/mol. The van der Waals surface area contributed by atoms with E-state index in [0.29, 0.717) is 24.5 Å². The zero-order chi connectivity index (χ0) is 15.0. The van der Waals surface area contributed by atoms with Crippen molar-refractivity contribution >= 4 is 28.8 Å². The van der Waals surface area contributed by atoms with E-state index >= 15 is 0 Å². The maximum Gasteiger partial charge on any atom is 0.242 e. The lowest BCUT2D eigenvalue weighted by Gasteiger charge is -2.30. The number of benzene rings is 1. The van der Waals surface area contributed by atoms with Crippen LogP contribution in [-0.4, -0.2) is 30.0 Å². The largest absolute Gasteiger partial charge is 0.393 e. The Bertz CT molecular complexity index is 436. The first kappa shape index (κ1) is 16.4. The van der Waals surface area contributed by atoms with Gasteiger partial charge in [-0.3, -0.25) is 4.79 Å². The fourth-order valence-electron chi connectivity index (χ4n) is 1.93. The second-order valence-electron chi connectivity index (χ2n) is 4.71. The minimum absolute atomic E-state index is 0.0265. The molecule has 0 bridgehead atoms. The topological polar surface area (TPSA) is 58.4 Å². The average Bonchev–Trinajstić information content (AvgIpc) is 2.45. The fourth-order valence-corrected chi connectivity index (χ4v) is 2.03. The zero-order valence-electron chi connectivity index (χ0n) is 12.1. The summed E-state index contributed by atoms with van der Waals surface area (Å²) in [6, 6.07) is 9.60. The van der Waals surface area contributed by atoms with Gasteiger partial charge in [-0.05, 0) is 25.5 Å². The quantitative estimate of drug-likeness (QED) is 0.721. The van der Waals surface area contributed by atoms with Gasteiger partial charge in [0.25, 0.3) is 0 Å². The van der Waals surface area contributed by atoms with E-state index in [1.54, 1.807) is 0 Å². The maximum absolute atomic E-state index is 12.1. The van der Waals surface area contributed by atoms with Gasteiger partial charge in [0.15, 0.2) is 0 Å². The minimum atomic E-state index is -0.252. The van der Waals surface area contributed by atoms with Crippen molar-refractivity contribution in [3.05, 3.63) is 30.3 Å². The SMILES string of the molecule is CCCNC(=O)C(C)N(CCC(N)=S)c1ccccc1. The van der Waals surface area contributed by atoms with E-state index in [0.717, 1.165) is 12.1 Å². The lowest BCUT2D eigenvalue weighted by molar-refractivity contribution is -0.122. The van der Waals surface area contributed by atoms with E-state index in [1.807, 2.05) is 49.1 Å². The van der Waals surface area contributed by atoms with Crippen LogP contribution in [0.2, 0.25) is 0 Å². The van der Waals surface area contributed by atoms with Crippen LogP contribution in [0.1, 0.15) is 26.7 Å². The number of para-hydroxylation sites is 1. The van der Waals surface area contributed by atoms with Crippen molar-refractivity contribution in [3.63, 3.8) is 0 Å². The van der Waals surface area contributed by atoms with E-state index in [4.69, 9.17) is 18.0 Å². The van der Waals surface area contributed by atoms with Gasteiger partial charge in [-0.2, -0.15) is 0 Å². The first-order valence-corrected chi connectivity index (χ1v) is 7.34. The van der Waals surface area contributed by atoms with Crippen LogP contribution in [0.15, 0.2) is 30.3 Å². The highest BCUT2D eigenvalue weighted by atomic mass is 32.1. The third-order valence-electron chi connectivity index (χ3n) is 3.08. The molecule has 110 valence electrons. The third-order valence-corrected chi connectivity index (χ3v) is 3.29. The number of hydrogen-bond donors (Lipinski definition) is 2. The molecule has 5 heteroatoms. The molecule has 0 aromatic heterocycles. The highest BCUT2D eigenvalue weighted by Gasteiger charge is 2.21. The normalized spacial score (nSPS) is 11.7. The molecule has 0 aliphatic carbocycles.